The van der Waals surface area contributed by atoms with E-state index in [4.69, 9.17) is 4.74 Å². The molecule has 0 spiro atoms. The number of hydrogen-bond acceptors (Lipinski definition) is 7. The minimum atomic E-state index is -2.36. The first-order valence-electron chi connectivity index (χ1n) is 8.83. The van der Waals surface area contributed by atoms with Gasteiger partial charge < -0.3 is 19.8 Å². The minimum absolute atomic E-state index is 0.184. The molecule has 1 aromatic rings. The topological polar surface area (TPSA) is 99.4 Å². The lowest BCUT2D eigenvalue weighted by Crippen LogP contribution is -2.57. The van der Waals surface area contributed by atoms with Crippen LogP contribution in [0.2, 0.25) is 0 Å². The van der Waals surface area contributed by atoms with Gasteiger partial charge in [0.05, 0.1) is 0 Å². The molecule has 138 valence electrons. The second kappa shape index (κ2) is 5.70. The maximum Gasteiger partial charge on any atom is 0.318 e. The van der Waals surface area contributed by atoms with Crippen molar-refractivity contribution in [2.24, 2.45) is 10.9 Å². The van der Waals surface area contributed by atoms with E-state index in [2.05, 4.69) is 9.89 Å². The van der Waals surface area contributed by atoms with E-state index in [-0.39, 0.29) is 22.9 Å². The monoisotopic (exact) mass is 358 g/mol. The van der Waals surface area contributed by atoms with E-state index in [1.807, 2.05) is 7.05 Å². The first-order valence-corrected chi connectivity index (χ1v) is 8.83. The third-order valence-corrected chi connectivity index (χ3v) is 5.70. The summed E-state index contributed by atoms with van der Waals surface area (Å²) < 4.78 is 5.60. The van der Waals surface area contributed by atoms with Crippen LogP contribution in [-0.2, 0) is 15.3 Å². The van der Waals surface area contributed by atoms with Gasteiger partial charge in [0.2, 0.25) is 11.5 Å². The van der Waals surface area contributed by atoms with Crippen molar-refractivity contribution in [2.75, 3.05) is 20.1 Å². The average molecular weight is 358 g/mol. The quantitative estimate of drug-likeness (QED) is 0.747. The predicted molar refractivity (Wildman–Crippen MR) is 92.8 cm³/mol. The summed E-state index contributed by atoms with van der Waals surface area (Å²) in [5.74, 6) is -2.73. The maximum atomic E-state index is 12.9. The molecule has 1 fully saturated rings. The third kappa shape index (κ3) is 2.14. The molecule has 7 heteroatoms. The highest BCUT2D eigenvalue weighted by Crippen LogP contribution is 2.53. The fourth-order valence-corrected chi connectivity index (χ4v) is 4.44. The Morgan fingerprint density at radius 2 is 2.08 bits per heavy atom. The summed E-state index contributed by atoms with van der Waals surface area (Å²) in [6.45, 7) is 3.07. The number of likely N-dealkylation sites (tertiary alicyclic amines) is 1. The number of fused-ring (bicyclic) bond motifs is 3. The van der Waals surface area contributed by atoms with Gasteiger partial charge in [0, 0.05) is 23.4 Å². The number of piperidine rings is 1. The van der Waals surface area contributed by atoms with Gasteiger partial charge in [-0.15, -0.1) is 0 Å². The summed E-state index contributed by atoms with van der Waals surface area (Å²) in [6.07, 6.45) is 1.34. The number of rotatable bonds is 2. The van der Waals surface area contributed by atoms with Crippen LogP contribution in [0.1, 0.15) is 35.7 Å². The number of carbonyl (C=O) groups excluding carboxylic acids is 2. The number of hydrogen-bond donors (Lipinski definition) is 2. The van der Waals surface area contributed by atoms with Gasteiger partial charge >= 0.3 is 5.97 Å². The standard InChI is InChI=1S/C19H22N2O5/c1-11-15(17(23)26-12-6-5-9-21(2)10-12)18(24)16(22)13-7-3-4-8-14(13)19(18,25)20-11/h3-4,7-8,12,15,24-25H,5-6,9-10H2,1-2H3/t12-,15?,18-,19+/m1/s1. The molecule has 3 aliphatic rings. The minimum Gasteiger partial charge on any atom is -0.460 e. The van der Waals surface area contributed by atoms with E-state index >= 15 is 0 Å². The Hall–Kier alpha value is -2.09. The Morgan fingerprint density at radius 3 is 2.81 bits per heavy atom. The number of ether oxygens (including phenoxy) is 1. The molecule has 1 aliphatic carbocycles. The number of nitrogens with zero attached hydrogens (tertiary/aromatic N) is 2. The molecule has 7 nitrogen and oxygen atoms in total. The van der Waals surface area contributed by atoms with Crippen LogP contribution in [0.3, 0.4) is 0 Å². The molecular formula is C19H22N2O5. The Kier molecular flexibility index (Phi) is 3.80. The highest BCUT2D eigenvalue weighted by Gasteiger charge is 2.72. The maximum absolute atomic E-state index is 12.9. The molecule has 0 aromatic heterocycles. The Morgan fingerprint density at radius 1 is 1.35 bits per heavy atom. The van der Waals surface area contributed by atoms with E-state index < -0.39 is 29.0 Å². The van der Waals surface area contributed by atoms with Crippen molar-refractivity contribution in [3.63, 3.8) is 0 Å². The molecule has 0 radical (unpaired) electrons. The van der Waals surface area contributed by atoms with Gasteiger partial charge in [0.1, 0.15) is 12.0 Å². The molecule has 2 aliphatic heterocycles. The van der Waals surface area contributed by atoms with Crippen molar-refractivity contribution in [1.82, 2.24) is 4.90 Å². The molecule has 1 unspecified atom stereocenters. The second-order valence-electron chi connectivity index (χ2n) is 7.46. The lowest BCUT2D eigenvalue weighted by molar-refractivity contribution is -0.171. The number of carbonyl (C=O) groups is 2. The summed E-state index contributed by atoms with van der Waals surface area (Å²) in [6, 6.07) is 6.37. The summed E-state index contributed by atoms with van der Waals surface area (Å²) in [5, 5.41) is 22.3. The largest absolute Gasteiger partial charge is 0.460 e. The van der Waals surface area contributed by atoms with E-state index in [9.17, 15) is 19.8 Å². The van der Waals surface area contributed by atoms with Gasteiger partial charge in [-0.25, -0.2) is 0 Å². The lowest BCUT2D eigenvalue weighted by atomic mass is 9.79. The van der Waals surface area contributed by atoms with E-state index in [1.165, 1.54) is 13.0 Å². The smallest absolute Gasteiger partial charge is 0.318 e. The van der Waals surface area contributed by atoms with Crippen LogP contribution < -0.4 is 0 Å². The Bertz CT molecular complexity index is 822. The van der Waals surface area contributed by atoms with E-state index in [1.54, 1.807) is 18.2 Å². The van der Waals surface area contributed by atoms with Crippen LogP contribution in [0.15, 0.2) is 29.3 Å². The van der Waals surface area contributed by atoms with Crippen LogP contribution in [0.25, 0.3) is 0 Å². The van der Waals surface area contributed by atoms with Crippen LogP contribution >= 0.6 is 0 Å². The first-order chi connectivity index (χ1) is 12.3. The van der Waals surface area contributed by atoms with Crippen LogP contribution in [0.5, 0.6) is 0 Å². The number of aliphatic hydroxyl groups is 2. The lowest BCUT2D eigenvalue weighted by Gasteiger charge is -2.34. The Labute approximate surface area is 151 Å². The second-order valence-corrected chi connectivity index (χ2v) is 7.46. The van der Waals surface area contributed by atoms with Crippen molar-refractivity contribution in [3.05, 3.63) is 35.4 Å². The number of likely N-dealkylation sites (N-methyl/N-ethyl adjacent to an activating group) is 1. The molecule has 0 saturated carbocycles. The van der Waals surface area contributed by atoms with Gasteiger partial charge in [0.25, 0.3) is 0 Å². The molecule has 0 bridgehead atoms. The third-order valence-electron chi connectivity index (χ3n) is 5.70. The molecule has 0 amide bonds. The van der Waals surface area contributed by atoms with Gasteiger partial charge in [-0.3, -0.25) is 14.6 Å². The van der Waals surface area contributed by atoms with Crippen LogP contribution in [0.4, 0.5) is 0 Å². The van der Waals surface area contributed by atoms with Crippen molar-refractivity contribution in [2.45, 2.75) is 37.2 Å². The zero-order valence-electron chi connectivity index (χ0n) is 14.8. The highest BCUT2D eigenvalue weighted by molar-refractivity contribution is 6.18. The summed E-state index contributed by atoms with van der Waals surface area (Å²) >= 11 is 0. The number of benzene rings is 1. The normalized spacial score (nSPS) is 36.5. The molecule has 1 aromatic carbocycles. The zero-order valence-corrected chi connectivity index (χ0v) is 14.8. The molecule has 26 heavy (non-hydrogen) atoms. The van der Waals surface area contributed by atoms with Crippen LogP contribution in [0, 0.1) is 5.92 Å². The summed E-state index contributed by atoms with van der Waals surface area (Å²) in [4.78, 5) is 32.0. The van der Waals surface area contributed by atoms with Gasteiger partial charge in [-0.2, -0.15) is 0 Å². The molecule has 2 heterocycles. The zero-order chi connectivity index (χ0) is 18.7. The average Bonchev–Trinajstić information content (AvgIpc) is 2.90. The fraction of sp³-hybridized carbons (Fsp3) is 0.526. The number of esters is 1. The van der Waals surface area contributed by atoms with Gasteiger partial charge in [-0.1, -0.05) is 24.3 Å². The van der Waals surface area contributed by atoms with E-state index in [0.717, 1.165) is 19.4 Å². The fourth-order valence-electron chi connectivity index (χ4n) is 4.44. The van der Waals surface area contributed by atoms with E-state index in [0.29, 0.717) is 6.54 Å². The molecule has 4 rings (SSSR count). The van der Waals surface area contributed by atoms with Crippen molar-refractivity contribution < 1.29 is 24.5 Å². The summed E-state index contributed by atoms with van der Waals surface area (Å²) in [7, 11) is 1.95. The van der Waals surface area contributed by atoms with Crippen molar-refractivity contribution in [1.29, 1.82) is 0 Å². The number of ketones is 1. The van der Waals surface area contributed by atoms with Gasteiger partial charge in [-0.05, 0) is 33.4 Å². The molecular weight excluding hydrogens is 336 g/mol. The molecule has 1 saturated heterocycles. The molecule has 2 N–H and O–H groups in total. The summed E-state index contributed by atoms with van der Waals surface area (Å²) in [5.41, 5.74) is -3.91. The SMILES string of the molecule is CC1=N[C@]2(O)c3ccccc3C(=O)[C@]2(O)C1C(=O)O[C@@H]1CCCN(C)C1. The van der Waals surface area contributed by atoms with Crippen molar-refractivity contribution >= 4 is 17.5 Å². The predicted octanol–water partition coefficient (Wildman–Crippen LogP) is 0.487. The van der Waals surface area contributed by atoms with Crippen molar-refractivity contribution in [3.8, 4) is 0 Å². The molecule has 4 atom stereocenters. The highest BCUT2D eigenvalue weighted by atomic mass is 16.5. The Balaban J connectivity index is 1.68. The first kappa shape index (κ1) is 17.3. The van der Waals surface area contributed by atoms with Gasteiger partial charge in [0.15, 0.2) is 5.60 Å². The number of aliphatic imine (C=N–C) groups is 1. The van der Waals surface area contributed by atoms with Crippen LogP contribution in [-0.4, -0.2) is 64.4 Å². The number of Topliss-reactive ketones (excluding diaryl/α,β-unsaturated/α-hetero) is 1.